The molecule has 0 spiro atoms. The van der Waals surface area contributed by atoms with Crippen LogP contribution in [0.15, 0.2) is 12.4 Å². The van der Waals surface area contributed by atoms with Gasteiger partial charge >= 0.3 is 0 Å². The molecule has 0 bridgehead atoms. The lowest BCUT2D eigenvalue weighted by molar-refractivity contribution is -0.1000. The number of nitrogens with zero attached hydrogens (tertiary/aromatic N) is 2. The van der Waals surface area contributed by atoms with Crippen LogP contribution in [0.25, 0.3) is 0 Å². The molecule has 112 valence electrons. The zero-order valence-corrected chi connectivity index (χ0v) is 12.2. The van der Waals surface area contributed by atoms with E-state index < -0.39 is 0 Å². The Bertz CT molecular complexity index is 391. The van der Waals surface area contributed by atoms with Gasteiger partial charge in [0, 0.05) is 71.3 Å². The molecular weight excluding hydrogens is 258 g/mol. The van der Waals surface area contributed by atoms with Crippen molar-refractivity contribution in [3.63, 3.8) is 0 Å². The van der Waals surface area contributed by atoms with E-state index >= 15 is 0 Å². The fourth-order valence-electron chi connectivity index (χ4n) is 2.31. The molecule has 2 rings (SSSR count). The lowest BCUT2D eigenvalue weighted by atomic mass is 9.93. The summed E-state index contributed by atoms with van der Waals surface area (Å²) in [5.74, 6) is 0.754. The van der Waals surface area contributed by atoms with E-state index in [0.29, 0.717) is 19.8 Å². The van der Waals surface area contributed by atoms with Crippen molar-refractivity contribution in [1.82, 2.24) is 15.3 Å². The van der Waals surface area contributed by atoms with Crippen molar-refractivity contribution in [3.8, 4) is 0 Å². The molecule has 2 heterocycles. The van der Waals surface area contributed by atoms with Crippen molar-refractivity contribution in [3.05, 3.63) is 23.8 Å². The van der Waals surface area contributed by atoms with Crippen LogP contribution in [-0.4, -0.2) is 50.6 Å². The Morgan fingerprint density at radius 1 is 1.25 bits per heavy atom. The summed E-state index contributed by atoms with van der Waals surface area (Å²) in [6.07, 6.45) is 5.32. The summed E-state index contributed by atoms with van der Waals surface area (Å²) in [7, 11) is 3.41. The summed E-state index contributed by atoms with van der Waals surface area (Å²) in [5.41, 5.74) is 0.670. The van der Waals surface area contributed by atoms with E-state index in [9.17, 15) is 0 Å². The molecule has 6 heteroatoms. The molecule has 1 aromatic rings. The van der Waals surface area contributed by atoms with Gasteiger partial charge in [-0.15, -0.1) is 0 Å². The molecule has 1 aliphatic heterocycles. The minimum Gasteiger partial charge on any atom is -0.383 e. The van der Waals surface area contributed by atoms with Gasteiger partial charge in [-0.05, 0) is 0 Å². The number of ether oxygens (including phenoxy) is 3. The number of aromatic nitrogens is 2. The van der Waals surface area contributed by atoms with E-state index in [4.69, 9.17) is 14.2 Å². The largest absolute Gasteiger partial charge is 0.383 e. The topological polar surface area (TPSA) is 65.5 Å². The minimum absolute atomic E-state index is 0.389. The molecule has 0 amide bonds. The van der Waals surface area contributed by atoms with Crippen molar-refractivity contribution >= 4 is 0 Å². The Labute approximate surface area is 119 Å². The van der Waals surface area contributed by atoms with E-state index in [0.717, 1.165) is 37.3 Å². The molecule has 0 aliphatic carbocycles. The van der Waals surface area contributed by atoms with Crippen molar-refractivity contribution in [2.45, 2.75) is 25.0 Å². The summed E-state index contributed by atoms with van der Waals surface area (Å²) < 4.78 is 16.1. The summed E-state index contributed by atoms with van der Waals surface area (Å²) in [6, 6.07) is 0. The maximum absolute atomic E-state index is 5.68. The Morgan fingerprint density at radius 2 is 1.95 bits per heavy atom. The second kappa shape index (κ2) is 7.64. The molecule has 1 aromatic heterocycles. The summed E-state index contributed by atoms with van der Waals surface area (Å²) in [6.45, 7) is 3.64. The van der Waals surface area contributed by atoms with Crippen molar-refractivity contribution in [2.24, 2.45) is 0 Å². The average Bonchev–Trinajstić information content (AvgIpc) is 2.53. The van der Waals surface area contributed by atoms with Gasteiger partial charge in [0.1, 0.15) is 5.60 Å². The first kappa shape index (κ1) is 15.3. The van der Waals surface area contributed by atoms with E-state index in [-0.39, 0.29) is 5.60 Å². The minimum atomic E-state index is -0.389. The van der Waals surface area contributed by atoms with Crippen molar-refractivity contribution in [2.75, 3.05) is 40.6 Å². The predicted molar refractivity (Wildman–Crippen MR) is 74.4 cm³/mol. The quantitative estimate of drug-likeness (QED) is 0.748. The van der Waals surface area contributed by atoms with Crippen molar-refractivity contribution in [1.29, 1.82) is 0 Å². The third kappa shape index (κ3) is 3.73. The first-order valence-corrected chi connectivity index (χ1v) is 6.95. The molecule has 1 fully saturated rings. The number of nitrogens with one attached hydrogen (secondary N) is 1. The normalized spacial score (nSPS) is 18.1. The first-order chi connectivity index (χ1) is 9.80. The second-order valence-corrected chi connectivity index (χ2v) is 4.90. The summed E-state index contributed by atoms with van der Waals surface area (Å²) >= 11 is 0. The van der Waals surface area contributed by atoms with E-state index in [1.807, 2.05) is 12.4 Å². The molecule has 1 N–H and O–H groups in total. The van der Waals surface area contributed by atoms with E-state index in [1.54, 1.807) is 14.2 Å². The van der Waals surface area contributed by atoms with Gasteiger partial charge in [-0.1, -0.05) is 0 Å². The van der Waals surface area contributed by atoms with Crippen LogP contribution in [0.4, 0.5) is 0 Å². The van der Waals surface area contributed by atoms with Crippen LogP contribution in [0.2, 0.25) is 0 Å². The van der Waals surface area contributed by atoms with Gasteiger partial charge < -0.3 is 19.5 Å². The highest BCUT2D eigenvalue weighted by Gasteiger charge is 2.37. The van der Waals surface area contributed by atoms with Gasteiger partial charge in [-0.2, -0.15) is 0 Å². The third-order valence-corrected chi connectivity index (χ3v) is 3.62. The standard InChI is InChI=1S/C14H23N3O3/c1-18-8-5-15-9-12-10-16-13(17-11-12)14(19-2)3-6-20-7-4-14/h10-11,15H,3-9H2,1-2H3. The van der Waals surface area contributed by atoms with E-state index in [2.05, 4.69) is 15.3 Å². The third-order valence-electron chi connectivity index (χ3n) is 3.62. The zero-order valence-electron chi connectivity index (χ0n) is 12.2. The van der Waals surface area contributed by atoms with Gasteiger partial charge in [0.05, 0.1) is 6.61 Å². The molecule has 0 saturated carbocycles. The van der Waals surface area contributed by atoms with Crippen LogP contribution >= 0.6 is 0 Å². The fraction of sp³-hybridized carbons (Fsp3) is 0.714. The summed E-state index contributed by atoms with van der Waals surface area (Å²) in [4.78, 5) is 8.96. The average molecular weight is 281 g/mol. The fourth-order valence-corrected chi connectivity index (χ4v) is 2.31. The Kier molecular flexibility index (Phi) is 5.85. The molecule has 0 aromatic carbocycles. The van der Waals surface area contributed by atoms with Gasteiger partial charge in [-0.3, -0.25) is 0 Å². The number of rotatable bonds is 7. The Balaban J connectivity index is 1.96. The van der Waals surface area contributed by atoms with Crippen LogP contribution in [0.5, 0.6) is 0 Å². The van der Waals surface area contributed by atoms with Gasteiger partial charge in [0.15, 0.2) is 5.82 Å². The maximum atomic E-state index is 5.68. The molecular formula is C14H23N3O3. The summed E-state index contributed by atoms with van der Waals surface area (Å²) in [5, 5.41) is 3.27. The molecule has 0 unspecified atom stereocenters. The highest BCUT2D eigenvalue weighted by Crippen LogP contribution is 2.32. The Morgan fingerprint density at radius 3 is 2.55 bits per heavy atom. The highest BCUT2D eigenvalue weighted by atomic mass is 16.5. The van der Waals surface area contributed by atoms with Crippen LogP contribution in [0.1, 0.15) is 24.2 Å². The smallest absolute Gasteiger partial charge is 0.160 e. The lowest BCUT2D eigenvalue weighted by Gasteiger charge is -2.34. The molecule has 0 atom stereocenters. The number of hydrogen-bond acceptors (Lipinski definition) is 6. The monoisotopic (exact) mass is 281 g/mol. The van der Waals surface area contributed by atoms with Crippen LogP contribution in [-0.2, 0) is 26.4 Å². The number of methoxy groups -OCH3 is 2. The van der Waals surface area contributed by atoms with Gasteiger partial charge in [-0.25, -0.2) is 9.97 Å². The SMILES string of the molecule is COCCNCc1cnc(C2(OC)CCOCC2)nc1. The molecule has 0 radical (unpaired) electrons. The molecule has 20 heavy (non-hydrogen) atoms. The first-order valence-electron chi connectivity index (χ1n) is 6.95. The highest BCUT2D eigenvalue weighted by molar-refractivity contribution is 5.10. The molecule has 6 nitrogen and oxygen atoms in total. The van der Waals surface area contributed by atoms with Crippen LogP contribution < -0.4 is 5.32 Å². The van der Waals surface area contributed by atoms with Crippen LogP contribution in [0, 0.1) is 0 Å². The second-order valence-electron chi connectivity index (χ2n) is 4.90. The zero-order chi connectivity index (χ0) is 14.3. The predicted octanol–water partition coefficient (Wildman–Crippen LogP) is 0.865. The Hall–Kier alpha value is -1.08. The number of hydrogen-bond donors (Lipinski definition) is 1. The maximum Gasteiger partial charge on any atom is 0.160 e. The van der Waals surface area contributed by atoms with Crippen LogP contribution in [0.3, 0.4) is 0 Å². The molecule has 1 saturated heterocycles. The van der Waals surface area contributed by atoms with Gasteiger partial charge in [0.2, 0.25) is 0 Å². The van der Waals surface area contributed by atoms with Gasteiger partial charge in [0.25, 0.3) is 0 Å². The van der Waals surface area contributed by atoms with E-state index in [1.165, 1.54) is 0 Å². The van der Waals surface area contributed by atoms with Crippen molar-refractivity contribution < 1.29 is 14.2 Å². The lowest BCUT2D eigenvalue weighted by Crippen LogP contribution is -2.37. The molecule has 1 aliphatic rings.